The number of aromatic nitrogens is 1. The van der Waals surface area contributed by atoms with E-state index in [4.69, 9.17) is 4.74 Å². The van der Waals surface area contributed by atoms with Crippen molar-refractivity contribution in [3.63, 3.8) is 0 Å². The second-order valence-corrected chi connectivity index (χ2v) is 7.15. The van der Waals surface area contributed by atoms with Crippen molar-refractivity contribution in [3.8, 4) is 22.8 Å². The zero-order valence-electron chi connectivity index (χ0n) is 17.4. The van der Waals surface area contributed by atoms with Crippen molar-refractivity contribution >= 4 is 5.91 Å². The van der Waals surface area contributed by atoms with Gasteiger partial charge in [0.2, 0.25) is 0 Å². The first-order valence-corrected chi connectivity index (χ1v) is 9.90. The number of nitrogens with one attached hydrogen (secondary N) is 1. The van der Waals surface area contributed by atoms with Crippen LogP contribution < -0.4 is 10.1 Å². The van der Waals surface area contributed by atoms with E-state index in [0.29, 0.717) is 22.9 Å². The van der Waals surface area contributed by atoms with E-state index >= 15 is 0 Å². The lowest BCUT2D eigenvalue weighted by Gasteiger charge is -2.24. The third-order valence-corrected chi connectivity index (χ3v) is 4.96. The molecule has 0 aliphatic rings. The number of ether oxygens (including phenoxy) is 1. The molecule has 0 radical (unpaired) electrons. The highest BCUT2D eigenvalue weighted by atomic mass is 19.1. The number of benzene rings is 2. The van der Waals surface area contributed by atoms with Crippen LogP contribution in [0.3, 0.4) is 0 Å². The van der Waals surface area contributed by atoms with E-state index < -0.39 is 0 Å². The van der Waals surface area contributed by atoms with Gasteiger partial charge >= 0.3 is 0 Å². The summed E-state index contributed by atoms with van der Waals surface area (Å²) in [5.41, 5.74) is 2.00. The molecule has 1 unspecified atom stereocenters. The highest BCUT2D eigenvalue weighted by Crippen LogP contribution is 2.25. The lowest BCUT2D eigenvalue weighted by Crippen LogP contribution is -2.37. The number of pyridine rings is 1. The number of halogens is 1. The summed E-state index contributed by atoms with van der Waals surface area (Å²) < 4.78 is 18.7. The lowest BCUT2D eigenvalue weighted by atomic mass is 10.1. The zero-order valence-corrected chi connectivity index (χ0v) is 17.4. The summed E-state index contributed by atoms with van der Waals surface area (Å²) in [5, 5.41) is 3.10. The maximum absolute atomic E-state index is 13.0. The van der Waals surface area contributed by atoms with E-state index in [0.717, 1.165) is 18.5 Å². The molecule has 3 aromatic rings. The summed E-state index contributed by atoms with van der Waals surface area (Å²) in [6.07, 6.45) is 0.869. The maximum Gasteiger partial charge on any atom is 0.272 e. The van der Waals surface area contributed by atoms with Crippen LogP contribution in [0, 0.1) is 5.82 Å². The summed E-state index contributed by atoms with van der Waals surface area (Å²) in [5.74, 6) is 0.790. The minimum Gasteiger partial charge on any atom is -0.457 e. The Morgan fingerprint density at radius 2 is 1.70 bits per heavy atom. The zero-order chi connectivity index (χ0) is 21.5. The van der Waals surface area contributed by atoms with Crippen LogP contribution in [0.2, 0.25) is 0 Å². The molecule has 1 atom stereocenters. The van der Waals surface area contributed by atoms with Crippen molar-refractivity contribution in [1.29, 1.82) is 0 Å². The Balaban J connectivity index is 1.72. The predicted octanol–water partition coefficient (Wildman–Crippen LogP) is 4.75. The van der Waals surface area contributed by atoms with Gasteiger partial charge in [-0.3, -0.25) is 4.79 Å². The van der Waals surface area contributed by atoms with E-state index in [1.807, 2.05) is 50.4 Å². The van der Waals surface area contributed by atoms with Crippen LogP contribution in [-0.2, 0) is 0 Å². The number of carbonyl (C=O) groups is 1. The molecule has 6 heteroatoms. The van der Waals surface area contributed by atoms with Gasteiger partial charge in [-0.2, -0.15) is 0 Å². The van der Waals surface area contributed by atoms with E-state index in [1.165, 1.54) is 12.1 Å². The van der Waals surface area contributed by atoms with Crippen molar-refractivity contribution < 1.29 is 13.9 Å². The van der Waals surface area contributed by atoms with Gasteiger partial charge in [0.25, 0.3) is 5.91 Å². The first kappa shape index (κ1) is 21.5. The topological polar surface area (TPSA) is 54.5 Å². The maximum atomic E-state index is 13.0. The molecule has 156 valence electrons. The van der Waals surface area contributed by atoms with Crippen molar-refractivity contribution in [3.05, 3.63) is 78.2 Å². The smallest absolute Gasteiger partial charge is 0.272 e. The van der Waals surface area contributed by atoms with Gasteiger partial charge in [-0.1, -0.05) is 6.07 Å². The van der Waals surface area contributed by atoms with Gasteiger partial charge in [0.05, 0.1) is 5.69 Å². The predicted molar refractivity (Wildman–Crippen MR) is 116 cm³/mol. The van der Waals surface area contributed by atoms with Crippen LogP contribution in [0.25, 0.3) is 11.3 Å². The quantitative estimate of drug-likeness (QED) is 0.586. The van der Waals surface area contributed by atoms with Crippen LogP contribution in [0.1, 0.15) is 23.8 Å². The van der Waals surface area contributed by atoms with Gasteiger partial charge in [0.15, 0.2) is 0 Å². The van der Waals surface area contributed by atoms with E-state index in [-0.39, 0.29) is 17.8 Å². The number of hydrogen-bond donors (Lipinski definition) is 1. The van der Waals surface area contributed by atoms with E-state index in [2.05, 4.69) is 10.3 Å². The van der Waals surface area contributed by atoms with Gasteiger partial charge in [0, 0.05) is 18.7 Å². The molecular weight excluding hydrogens is 381 g/mol. The fourth-order valence-corrected chi connectivity index (χ4v) is 2.97. The molecule has 0 aliphatic heterocycles. The molecule has 0 bridgehead atoms. The number of hydrogen-bond acceptors (Lipinski definition) is 4. The summed E-state index contributed by atoms with van der Waals surface area (Å²) in [6, 6.07) is 18.8. The number of amides is 1. The molecule has 0 aliphatic carbocycles. The minimum absolute atomic E-state index is 0.100. The molecule has 1 amide bonds. The van der Waals surface area contributed by atoms with Crippen LogP contribution >= 0.6 is 0 Å². The molecule has 0 saturated carbocycles. The molecular formula is C24H26FN3O2. The third kappa shape index (κ3) is 5.42. The summed E-state index contributed by atoms with van der Waals surface area (Å²) in [6.45, 7) is 2.87. The SMILES string of the molecule is CNCCC(C)N(C)C(=O)c1cccc(-c2ccc(Oc3ccc(F)cc3)cc2)n1. The molecule has 1 heterocycles. The summed E-state index contributed by atoms with van der Waals surface area (Å²) >= 11 is 0. The first-order chi connectivity index (χ1) is 14.5. The highest BCUT2D eigenvalue weighted by molar-refractivity contribution is 5.92. The Labute approximate surface area is 176 Å². The van der Waals surface area contributed by atoms with Crippen LogP contribution in [-0.4, -0.2) is 42.5 Å². The van der Waals surface area contributed by atoms with Gasteiger partial charge in [-0.05, 0) is 87.6 Å². The van der Waals surface area contributed by atoms with Gasteiger partial charge in [-0.25, -0.2) is 9.37 Å². The molecule has 5 nitrogen and oxygen atoms in total. The van der Waals surface area contributed by atoms with Crippen LogP contribution in [0.15, 0.2) is 66.7 Å². The Morgan fingerprint density at radius 3 is 2.33 bits per heavy atom. The van der Waals surface area contributed by atoms with Crippen molar-refractivity contribution in [1.82, 2.24) is 15.2 Å². The number of rotatable bonds is 8. The minimum atomic E-state index is -0.305. The Morgan fingerprint density at radius 1 is 1.07 bits per heavy atom. The highest BCUT2D eigenvalue weighted by Gasteiger charge is 2.18. The van der Waals surface area contributed by atoms with Crippen molar-refractivity contribution in [2.24, 2.45) is 0 Å². The number of carbonyl (C=O) groups excluding carboxylic acids is 1. The van der Waals surface area contributed by atoms with E-state index in [9.17, 15) is 9.18 Å². The third-order valence-electron chi connectivity index (χ3n) is 4.96. The molecule has 0 spiro atoms. The largest absolute Gasteiger partial charge is 0.457 e. The standard InChI is InChI=1S/C24H26FN3O2/c1-17(15-16-26-2)28(3)24(29)23-6-4-5-22(27-23)18-7-11-20(12-8-18)30-21-13-9-19(25)10-14-21/h4-14,17,26H,15-16H2,1-3H3. The van der Waals surface area contributed by atoms with Crippen molar-refractivity contribution in [2.75, 3.05) is 20.6 Å². The number of nitrogens with zero attached hydrogens (tertiary/aromatic N) is 2. The molecule has 0 saturated heterocycles. The van der Waals surface area contributed by atoms with Gasteiger partial charge in [-0.15, -0.1) is 0 Å². The molecule has 30 heavy (non-hydrogen) atoms. The summed E-state index contributed by atoms with van der Waals surface area (Å²) in [4.78, 5) is 19.1. The normalized spacial score (nSPS) is 11.7. The van der Waals surface area contributed by atoms with Crippen molar-refractivity contribution in [2.45, 2.75) is 19.4 Å². The fourth-order valence-electron chi connectivity index (χ4n) is 2.97. The fraction of sp³-hybridized carbons (Fsp3) is 0.250. The average Bonchev–Trinajstić information content (AvgIpc) is 2.78. The molecule has 3 rings (SSSR count). The Bertz CT molecular complexity index is 975. The van der Waals surface area contributed by atoms with E-state index in [1.54, 1.807) is 30.1 Å². The second-order valence-electron chi connectivity index (χ2n) is 7.15. The van der Waals surface area contributed by atoms with Gasteiger partial charge in [0.1, 0.15) is 23.0 Å². The van der Waals surface area contributed by atoms with Crippen LogP contribution in [0.5, 0.6) is 11.5 Å². The Hall–Kier alpha value is -3.25. The lowest BCUT2D eigenvalue weighted by molar-refractivity contribution is 0.0732. The van der Waals surface area contributed by atoms with Gasteiger partial charge < -0.3 is 15.0 Å². The second kappa shape index (κ2) is 9.98. The molecule has 1 aromatic heterocycles. The average molecular weight is 407 g/mol. The molecule has 0 fully saturated rings. The molecule has 2 aromatic carbocycles. The molecule has 1 N–H and O–H groups in total. The first-order valence-electron chi connectivity index (χ1n) is 9.90. The Kier molecular flexibility index (Phi) is 7.14. The summed E-state index contributed by atoms with van der Waals surface area (Å²) in [7, 11) is 3.70. The van der Waals surface area contributed by atoms with Crippen LogP contribution in [0.4, 0.5) is 4.39 Å². The monoisotopic (exact) mass is 407 g/mol.